The highest BCUT2D eigenvalue weighted by atomic mass is 32.1. The zero-order chi connectivity index (χ0) is 12.2. The number of thiophene rings is 1. The molecule has 0 aromatic carbocycles. The van der Waals surface area contributed by atoms with E-state index in [1.54, 1.807) is 18.4 Å². The highest BCUT2D eigenvalue weighted by molar-refractivity contribution is 7.10. The maximum atomic E-state index is 5.73. The molecule has 92 valence electrons. The molecule has 3 N–H and O–H groups in total. The summed E-state index contributed by atoms with van der Waals surface area (Å²) >= 11 is 1.74. The van der Waals surface area contributed by atoms with Gasteiger partial charge in [-0.05, 0) is 36.8 Å². The molecule has 0 bridgehead atoms. The maximum absolute atomic E-state index is 5.73. The van der Waals surface area contributed by atoms with Gasteiger partial charge in [-0.1, -0.05) is 13.8 Å². The van der Waals surface area contributed by atoms with Crippen LogP contribution >= 0.6 is 11.3 Å². The molecule has 0 saturated heterocycles. The molecular formula is C12H22N2OS. The fraction of sp³-hybridized carbons (Fsp3) is 0.667. The summed E-state index contributed by atoms with van der Waals surface area (Å²) < 4.78 is 5.73. The zero-order valence-corrected chi connectivity index (χ0v) is 11.4. The van der Waals surface area contributed by atoms with Crippen LogP contribution in [0.15, 0.2) is 11.4 Å². The van der Waals surface area contributed by atoms with Crippen LogP contribution in [0.5, 0.6) is 0 Å². The van der Waals surface area contributed by atoms with Crippen molar-refractivity contribution < 1.29 is 4.74 Å². The fourth-order valence-corrected chi connectivity index (χ4v) is 3.02. The molecule has 1 unspecified atom stereocenters. The van der Waals surface area contributed by atoms with E-state index < -0.39 is 0 Å². The Morgan fingerprint density at radius 2 is 2.12 bits per heavy atom. The van der Waals surface area contributed by atoms with E-state index >= 15 is 0 Å². The number of rotatable bonds is 6. The number of aryl methyl sites for hydroxylation is 1. The van der Waals surface area contributed by atoms with Crippen molar-refractivity contribution in [3.05, 3.63) is 21.9 Å². The Labute approximate surface area is 102 Å². The second kappa shape index (κ2) is 5.77. The molecule has 0 aliphatic rings. The smallest absolute Gasteiger partial charge is 0.0880 e. The van der Waals surface area contributed by atoms with Crippen LogP contribution < -0.4 is 11.3 Å². The van der Waals surface area contributed by atoms with E-state index in [2.05, 4.69) is 37.6 Å². The monoisotopic (exact) mass is 242 g/mol. The maximum Gasteiger partial charge on any atom is 0.0880 e. The topological polar surface area (TPSA) is 47.3 Å². The molecule has 0 fully saturated rings. The summed E-state index contributed by atoms with van der Waals surface area (Å²) in [5.41, 5.74) is 3.95. The molecule has 4 heteroatoms. The van der Waals surface area contributed by atoms with Crippen molar-refractivity contribution in [3.8, 4) is 0 Å². The molecule has 1 rings (SSSR count). The molecule has 0 aliphatic carbocycles. The Morgan fingerprint density at radius 1 is 1.50 bits per heavy atom. The van der Waals surface area contributed by atoms with E-state index in [0.29, 0.717) is 0 Å². The van der Waals surface area contributed by atoms with Crippen molar-refractivity contribution in [1.29, 1.82) is 0 Å². The molecule has 0 spiro atoms. The third-order valence-electron chi connectivity index (χ3n) is 3.51. The van der Waals surface area contributed by atoms with Crippen LogP contribution in [-0.2, 0) is 4.74 Å². The lowest BCUT2D eigenvalue weighted by molar-refractivity contribution is -0.0487. The lowest BCUT2D eigenvalue weighted by Crippen LogP contribution is -2.47. The largest absolute Gasteiger partial charge is 0.376 e. The van der Waals surface area contributed by atoms with Crippen molar-refractivity contribution in [1.82, 2.24) is 5.43 Å². The second-order valence-electron chi connectivity index (χ2n) is 4.01. The Bertz CT molecular complexity index is 312. The first-order chi connectivity index (χ1) is 7.65. The van der Waals surface area contributed by atoms with E-state index in [1.165, 1.54) is 10.4 Å². The van der Waals surface area contributed by atoms with Crippen molar-refractivity contribution in [2.75, 3.05) is 7.11 Å². The van der Waals surface area contributed by atoms with Crippen LogP contribution in [0.4, 0.5) is 0 Å². The van der Waals surface area contributed by atoms with Gasteiger partial charge >= 0.3 is 0 Å². The van der Waals surface area contributed by atoms with Crippen LogP contribution in [0, 0.1) is 6.92 Å². The van der Waals surface area contributed by atoms with Crippen LogP contribution in [0.2, 0.25) is 0 Å². The summed E-state index contributed by atoms with van der Waals surface area (Å²) in [5, 5.41) is 2.10. The van der Waals surface area contributed by atoms with Gasteiger partial charge in [0.15, 0.2) is 0 Å². The molecule has 0 amide bonds. The van der Waals surface area contributed by atoms with E-state index in [-0.39, 0.29) is 11.6 Å². The molecular weight excluding hydrogens is 220 g/mol. The van der Waals surface area contributed by atoms with Gasteiger partial charge in [-0.2, -0.15) is 0 Å². The quantitative estimate of drug-likeness (QED) is 0.595. The normalized spacial score (nSPS) is 14.1. The minimum Gasteiger partial charge on any atom is -0.376 e. The lowest BCUT2D eigenvalue weighted by atomic mass is 9.84. The Hall–Kier alpha value is -0.420. The first-order valence-electron chi connectivity index (χ1n) is 5.70. The number of ether oxygens (including phenoxy) is 1. The predicted molar refractivity (Wildman–Crippen MR) is 69.4 cm³/mol. The summed E-state index contributed by atoms with van der Waals surface area (Å²) in [6, 6.07) is 2.18. The fourth-order valence-electron chi connectivity index (χ4n) is 2.28. The zero-order valence-electron chi connectivity index (χ0n) is 10.5. The van der Waals surface area contributed by atoms with E-state index in [4.69, 9.17) is 10.6 Å². The average Bonchev–Trinajstić information content (AvgIpc) is 2.72. The second-order valence-corrected chi connectivity index (χ2v) is 5.13. The van der Waals surface area contributed by atoms with Gasteiger partial charge < -0.3 is 4.74 Å². The summed E-state index contributed by atoms with van der Waals surface area (Å²) in [6.07, 6.45) is 1.87. The number of hydrogen-bond acceptors (Lipinski definition) is 4. The van der Waals surface area contributed by atoms with E-state index in [9.17, 15) is 0 Å². The standard InChI is InChI=1S/C12H22N2OS/c1-5-12(6-2,15-4)11(14-13)10-7-8-16-9(10)3/h7-8,11,14H,5-6,13H2,1-4H3. The van der Waals surface area contributed by atoms with Gasteiger partial charge in [0.05, 0.1) is 11.6 Å². The SMILES string of the molecule is CCC(CC)(OC)C(NN)c1ccsc1C. The van der Waals surface area contributed by atoms with Gasteiger partial charge in [0.2, 0.25) is 0 Å². The van der Waals surface area contributed by atoms with Crippen LogP contribution in [0.25, 0.3) is 0 Å². The molecule has 1 atom stereocenters. The summed E-state index contributed by atoms with van der Waals surface area (Å²) in [7, 11) is 1.76. The number of nitrogens with two attached hydrogens (primary N) is 1. The van der Waals surface area contributed by atoms with Gasteiger partial charge in [0.1, 0.15) is 0 Å². The average molecular weight is 242 g/mol. The van der Waals surface area contributed by atoms with Gasteiger partial charge in [-0.15, -0.1) is 11.3 Å². The van der Waals surface area contributed by atoms with Gasteiger partial charge in [-0.3, -0.25) is 11.3 Å². The van der Waals surface area contributed by atoms with Crippen LogP contribution in [0.3, 0.4) is 0 Å². The molecule has 1 aromatic heterocycles. The number of methoxy groups -OCH3 is 1. The van der Waals surface area contributed by atoms with Crippen molar-refractivity contribution >= 4 is 11.3 Å². The Balaban J connectivity index is 3.10. The van der Waals surface area contributed by atoms with Crippen molar-refractivity contribution in [2.45, 2.75) is 45.3 Å². The van der Waals surface area contributed by atoms with Crippen LogP contribution in [0.1, 0.15) is 43.2 Å². The van der Waals surface area contributed by atoms with Crippen molar-refractivity contribution in [2.24, 2.45) is 5.84 Å². The molecule has 0 radical (unpaired) electrons. The highest BCUT2D eigenvalue weighted by Crippen LogP contribution is 2.37. The summed E-state index contributed by atoms with van der Waals surface area (Å²) in [4.78, 5) is 1.30. The first kappa shape index (κ1) is 13.6. The molecule has 16 heavy (non-hydrogen) atoms. The third-order valence-corrected chi connectivity index (χ3v) is 4.37. The molecule has 0 saturated carbocycles. The Kier molecular flexibility index (Phi) is 4.92. The van der Waals surface area contributed by atoms with E-state index in [0.717, 1.165) is 12.8 Å². The highest BCUT2D eigenvalue weighted by Gasteiger charge is 2.37. The molecule has 1 aromatic rings. The summed E-state index contributed by atoms with van der Waals surface area (Å²) in [5.74, 6) is 5.72. The number of hydrogen-bond donors (Lipinski definition) is 2. The van der Waals surface area contributed by atoms with Crippen molar-refractivity contribution in [3.63, 3.8) is 0 Å². The first-order valence-corrected chi connectivity index (χ1v) is 6.58. The lowest BCUT2D eigenvalue weighted by Gasteiger charge is -2.38. The molecule has 3 nitrogen and oxygen atoms in total. The number of nitrogens with one attached hydrogen (secondary N) is 1. The molecule has 0 aliphatic heterocycles. The number of hydrazine groups is 1. The van der Waals surface area contributed by atoms with Crippen LogP contribution in [-0.4, -0.2) is 12.7 Å². The van der Waals surface area contributed by atoms with Gasteiger partial charge in [0.25, 0.3) is 0 Å². The molecule has 1 heterocycles. The third kappa shape index (κ3) is 2.30. The minimum atomic E-state index is -0.222. The van der Waals surface area contributed by atoms with E-state index in [1.807, 2.05) is 0 Å². The van der Waals surface area contributed by atoms with Gasteiger partial charge in [-0.25, -0.2) is 0 Å². The summed E-state index contributed by atoms with van der Waals surface area (Å²) in [6.45, 7) is 6.40. The Morgan fingerprint density at radius 3 is 2.44 bits per heavy atom. The minimum absolute atomic E-state index is 0.0544. The predicted octanol–water partition coefficient (Wildman–Crippen LogP) is 2.77. The van der Waals surface area contributed by atoms with Gasteiger partial charge in [0, 0.05) is 12.0 Å².